The number of carbonyl (C=O) groups excluding carboxylic acids is 1. The number of aromatic nitrogens is 3. The van der Waals surface area contributed by atoms with Crippen molar-refractivity contribution < 1.29 is 23.7 Å². The number of hydrogen-bond donors (Lipinski definition) is 2. The van der Waals surface area contributed by atoms with E-state index in [1.54, 1.807) is 31.0 Å². The number of hydrogen-bond acceptors (Lipinski definition) is 8. The van der Waals surface area contributed by atoms with Gasteiger partial charge in [0.15, 0.2) is 17.3 Å². The number of benzene rings is 3. The number of carbonyl (C=O) groups is 1. The number of rotatable bonds is 10. The highest BCUT2D eigenvalue weighted by atomic mass is 16.5. The van der Waals surface area contributed by atoms with Crippen molar-refractivity contribution in [1.82, 2.24) is 14.8 Å². The number of amides is 1. The molecule has 0 radical (unpaired) electrons. The molecule has 0 saturated heterocycles. The average Bonchev–Trinajstić information content (AvgIpc) is 3.41. The van der Waals surface area contributed by atoms with Crippen molar-refractivity contribution in [3.8, 4) is 34.4 Å². The summed E-state index contributed by atoms with van der Waals surface area (Å²) in [6.45, 7) is 6.78. The second-order valence-electron chi connectivity index (χ2n) is 9.22. The molecule has 0 aliphatic carbocycles. The summed E-state index contributed by atoms with van der Waals surface area (Å²) in [6.07, 6.45) is 0. The third-order valence-electron chi connectivity index (χ3n) is 6.68. The second kappa shape index (κ2) is 12.0. The van der Waals surface area contributed by atoms with E-state index in [-0.39, 0.29) is 5.91 Å². The van der Waals surface area contributed by atoms with Crippen LogP contribution in [0.15, 0.2) is 78.0 Å². The lowest BCUT2D eigenvalue weighted by atomic mass is 9.94. The molecule has 41 heavy (non-hydrogen) atoms. The molecule has 1 aromatic heterocycles. The molecule has 0 fully saturated rings. The van der Waals surface area contributed by atoms with Crippen molar-refractivity contribution in [3.63, 3.8) is 0 Å². The summed E-state index contributed by atoms with van der Waals surface area (Å²) < 4.78 is 24.1. The lowest BCUT2D eigenvalue weighted by Gasteiger charge is -2.29. The first-order chi connectivity index (χ1) is 20.0. The fourth-order valence-corrected chi connectivity index (χ4v) is 4.81. The number of allylic oxidation sites excluding steroid dienone is 1. The Labute approximate surface area is 238 Å². The van der Waals surface area contributed by atoms with Crippen LogP contribution in [0.2, 0.25) is 0 Å². The zero-order valence-electron chi connectivity index (χ0n) is 23.7. The Bertz CT molecular complexity index is 1580. The fraction of sp³-hybridized carbons (Fsp3) is 0.258. The molecule has 212 valence electrons. The summed E-state index contributed by atoms with van der Waals surface area (Å²) in [4.78, 5) is 18.7. The molecule has 1 aliphatic heterocycles. The molecule has 10 heteroatoms. The fourth-order valence-electron chi connectivity index (χ4n) is 4.81. The average molecular weight is 556 g/mol. The minimum Gasteiger partial charge on any atom is -0.495 e. The van der Waals surface area contributed by atoms with Crippen molar-refractivity contribution >= 4 is 17.5 Å². The van der Waals surface area contributed by atoms with E-state index in [1.807, 2.05) is 75.4 Å². The molecule has 4 aromatic rings. The maximum atomic E-state index is 13.9. The normalized spacial score (nSPS) is 14.1. The van der Waals surface area contributed by atoms with Crippen LogP contribution in [-0.4, -0.2) is 48.1 Å². The van der Waals surface area contributed by atoms with E-state index in [9.17, 15) is 4.79 Å². The molecule has 5 rings (SSSR count). The number of anilines is 2. The van der Waals surface area contributed by atoms with E-state index in [2.05, 4.69) is 10.6 Å². The smallest absolute Gasteiger partial charge is 0.255 e. The maximum absolute atomic E-state index is 13.9. The van der Waals surface area contributed by atoms with Crippen LogP contribution in [0.4, 0.5) is 11.6 Å². The molecular formula is C31H33N5O5. The topological polar surface area (TPSA) is 109 Å². The van der Waals surface area contributed by atoms with Gasteiger partial charge in [-0.15, -0.1) is 5.10 Å². The van der Waals surface area contributed by atoms with Crippen LogP contribution in [0.1, 0.15) is 32.4 Å². The minimum absolute atomic E-state index is 0.305. The Kier molecular flexibility index (Phi) is 8.09. The van der Waals surface area contributed by atoms with Crippen LogP contribution < -0.4 is 29.6 Å². The Hall–Kier alpha value is -4.99. The number of fused-ring (bicyclic) bond motifs is 1. The van der Waals surface area contributed by atoms with Gasteiger partial charge >= 0.3 is 0 Å². The summed E-state index contributed by atoms with van der Waals surface area (Å²) in [7, 11) is 3.15. The predicted octanol–water partition coefficient (Wildman–Crippen LogP) is 5.69. The molecular weight excluding hydrogens is 522 g/mol. The largest absolute Gasteiger partial charge is 0.495 e. The zero-order chi connectivity index (χ0) is 28.9. The van der Waals surface area contributed by atoms with Gasteiger partial charge in [0.05, 0.1) is 38.7 Å². The van der Waals surface area contributed by atoms with Gasteiger partial charge < -0.3 is 29.6 Å². The molecule has 0 spiro atoms. The van der Waals surface area contributed by atoms with Crippen LogP contribution in [0, 0.1) is 0 Å². The number of nitrogens with one attached hydrogen (secondary N) is 2. The number of para-hydroxylation sites is 2. The van der Waals surface area contributed by atoms with Crippen LogP contribution in [0.25, 0.3) is 11.4 Å². The summed E-state index contributed by atoms with van der Waals surface area (Å²) in [6, 6.07) is 19.9. The van der Waals surface area contributed by atoms with Gasteiger partial charge in [-0.25, -0.2) is 4.68 Å². The van der Waals surface area contributed by atoms with Gasteiger partial charge in [-0.3, -0.25) is 4.79 Å². The monoisotopic (exact) mass is 555 g/mol. The zero-order valence-corrected chi connectivity index (χ0v) is 23.7. The van der Waals surface area contributed by atoms with Crippen LogP contribution >= 0.6 is 0 Å². The highest BCUT2D eigenvalue weighted by Gasteiger charge is 2.35. The van der Waals surface area contributed by atoms with Crippen LogP contribution in [-0.2, 0) is 4.79 Å². The number of methoxy groups -OCH3 is 2. The SMILES string of the molecule is CCOc1ccc(-c2nc3n(n2)C(c2ccc(OCC)c(OC)c2)C(C(=O)Nc2ccccc2OC)=C(C)N3)cc1. The molecule has 1 amide bonds. The maximum Gasteiger partial charge on any atom is 0.255 e. The van der Waals surface area contributed by atoms with Gasteiger partial charge in [0, 0.05) is 11.3 Å². The first-order valence-electron chi connectivity index (χ1n) is 13.4. The van der Waals surface area contributed by atoms with E-state index in [0.29, 0.717) is 59.2 Å². The Morgan fingerprint density at radius 2 is 1.66 bits per heavy atom. The molecule has 1 aliphatic rings. The molecule has 0 bridgehead atoms. The molecule has 1 unspecified atom stereocenters. The summed E-state index contributed by atoms with van der Waals surface area (Å²) in [5.74, 6) is 3.21. The van der Waals surface area contributed by atoms with Crippen LogP contribution in [0.5, 0.6) is 23.0 Å². The number of ether oxygens (including phenoxy) is 4. The first kappa shape index (κ1) is 27.6. The summed E-state index contributed by atoms with van der Waals surface area (Å²) in [5, 5.41) is 11.2. The van der Waals surface area contributed by atoms with E-state index in [4.69, 9.17) is 29.0 Å². The standard InChI is InChI=1S/C31H33N5O5/c1-6-40-22-15-12-20(13-16-22)29-34-31-32-19(3)27(30(37)33-23-10-8-9-11-24(23)38-4)28(36(31)35-29)21-14-17-25(41-7-2)26(18-21)39-5/h8-18,28H,6-7H2,1-5H3,(H,33,37)(H,32,34,35). The molecule has 10 nitrogen and oxygen atoms in total. The van der Waals surface area contributed by atoms with Gasteiger partial charge in [-0.1, -0.05) is 18.2 Å². The summed E-state index contributed by atoms with van der Waals surface area (Å²) >= 11 is 0. The van der Waals surface area contributed by atoms with Crippen molar-refractivity contribution in [2.45, 2.75) is 26.8 Å². The molecule has 2 N–H and O–H groups in total. The number of nitrogens with zero attached hydrogens (tertiary/aromatic N) is 3. The molecule has 3 aromatic carbocycles. The van der Waals surface area contributed by atoms with Crippen molar-refractivity contribution in [2.24, 2.45) is 0 Å². The lowest BCUT2D eigenvalue weighted by molar-refractivity contribution is -0.113. The Morgan fingerprint density at radius 3 is 2.37 bits per heavy atom. The second-order valence-corrected chi connectivity index (χ2v) is 9.22. The van der Waals surface area contributed by atoms with Gasteiger partial charge in [-0.2, -0.15) is 4.98 Å². The summed E-state index contributed by atoms with van der Waals surface area (Å²) in [5.41, 5.74) is 3.27. The van der Waals surface area contributed by atoms with Crippen molar-refractivity contribution in [3.05, 3.63) is 83.6 Å². The highest BCUT2D eigenvalue weighted by molar-refractivity contribution is 6.06. The van der Waals surface area contributed by atoms with E-state index in [1.165, 1.54) is 0 Å². The first-order valence-corrected chi connectivity index (χ1v) is 13.4. The van der Waals surface area contributed by atoms with E-state index < -0.39 is 6.04 Å². The Balaban J connectivity index is 1.60. The predicted molar refractivity (Wildman–Crippen MR) is 157 cm³/mol. The third kappa shape index (κ3) is 5.54. The van der Waals surface area contributed by atoms with Gasteiger partial charge in [0.25, 0.3) is 5.91 Å². The third-order valence-corrected chi connectivity index (χ3v) is 6.68. The van der Waals surface area contributed by atoms with Gasteiger partial charge in [0.1, 0.15) is 17.5 Å². The molecule has 0 saturated carbocycles. The van der Waals surface area contributed by atoms with E-state index >= 15 is 0 Å². The van der Waals surface area contributed by atoms with Crippen molar-refractivity contribution in [1.29, 1.82) is 0 Å². The van der Waals surface area contributed by atoms with Gasteiger partial charge in [0.2, 0.25) is 5.95 Å². The quantitative estimate of drug-likeness (QED) is 0.257. The van der Waals surface area contributed by atoms with Crippen molar-refractivity contribution in [2.75, 3.05) is 38.1 Å². The highest BCUT2D eigenvalue weighted by Crippen LogP contribution is 2.40. The Morgan fingerprint density at radius 1 is 0.927 bits per heavy atom. The lowest BCUT2D eigenvalue weighted by Crippen LogP contribution is -2.31. The minimum atomic E-state index is -0.616. The van der Waals surface area contributed by atoms with Crippen LogP contribution in [0.3, 0.4) is 0 Å². The molecule has 1 atom stereocenters. The van der Waals surface area contributed by atoms with E-state index in [0.717, 1.165) is 16.9 Å². The van der Waals surface area contributed by atoms with Gasteiger partial charge in [-0.05, 0) is 74.9 Å². The molecule has 2 heterocycles.